The first-order chi connectivity index (χ1) is 9.52. The predicted octanol–water partition coefficient (Wildman–Crippen LogP) is 2.20. The number of aromatic nitrogens is 1. The fraction of sp³-hybridized carbons (Fsp3) is 0.0714. The lowest BCUT2D eigenvalue weighted by Gasteiger charge is -2.18. The molecular formula is C14H11FN2O3. The van der Waals surface area contributed by atoms with E-state index in [2.05, 4.69) is 4.98 Å². The largest absolute Gasteiger partial charge is 0.478 e. The maximum absolute atomic E-state index is 13.6. The normalized spacial score (nSPS) is 10.1. The number of para-hydroxylation sites is 1. The molecule has 0 radical (unpaired) electrons. The second-order valence-corrected chi connectivity index (χ2v) is 4.02. The molecule has 6 heteroatoms. The van der Waals surface area contributed by atoms with E-state index in [0.717, 1.165) is 4.90 Å². The van der Waals surface area contributed by atoms with Gasteiger partial charge in [0.1, 0.15) is 11.5 Å². The third-order valence-electron chi connectivity index (χ3n) is 2.76. The van der Waals surface area contributed by atoms with Crippen molar-refractivity contribution in [2.45, 2.75) is 0 Å². The lowest BCUT2D eigenvalue weighted by atomic mass is 10.1. The number of benzene rings is 1. The number of hydrogen-bond acceptors (Lipinski definition) is 3. The Bertz CT molecular complexity index is 673. The molecule has 0 saturated carbocycles. The number of carbonyl (C=O) groups excluding carboxylic acids is 1. The number of nitrogens with zero attached hydrogens (tertiary/aromatic N) is 2. The van der Waals surface area contributed by atoms with E-state index in [1.54, 1.807) is 6.07 Å². The van der Waals surface area contributed by atoms with Crippen molar-refractivity contribution in [2.75, 3.05) is 11.9 Å². The van der Waals surface area contributed by atoms with Crippen LogP contribution in [0.4, 0.5) is 10.1 Å². The topological polar surface area (TPSA) is 70.5 Å². The van der Waals surface area contributed by atoms with Gasteiger partial charge in [-0.3, -0.25) is 9.78 Å². The fourth-order valence-corrected chi connectivity index (χ4v) is 1.74. The Morgan fingerprint density at radius 3 is 2.55 bits per heavy atom. The van der Waals surface area contributed by atoms with Crippen molar-refractivity contribution in [3.63, 3.8) is 0 Å². The molecule has 0 saturated heterocycles. The minimum atomic E-state index is -1.26. The van der Waals surface area contributed by atoms with Crippen molar-refractivity contribution >= 4 is 17.6 Å². The van der Waals surface area contributed by atoms with E-state index in [4.69, 9.17) is 5.11 Å². The lowest BCUT2D eigenvalue weighted by molar-refractivity contribution is 0.0691. The van der Waals surface area contributed by atoms with Crippen molar-refractivity contribution in [1.29, 1.82) is 0 Å². The SMILES string of the molecule is CN(C(=O)c1ncccc1C(=O)O)c1ccccc1F. The van der Waals surface area contributed by atoms with Crippen LogP contribution in [-0.4, -0.2) is 29.0 Å². The number of amides is 1. The molecule has 0 aliphatic heterocycles. The summed E-state index contributed by atoms with van der Waals surface area (Å²) in [6, 6.07) is 8.42. The minimum Gasteiger partial charge on any atom is -0.478 e. The molecule has 5 nitrogen and oxygen atoms in total. The Kier molecular flexibility index (Phi) is 3.74. The van der Waals surface area contributed by atoms with E-state index >= 15 is 0 Å². The van der Waals surface area contributed by atoms with Gasteiger partial charge in [-0.05, 0) is 24.3 Å². The molecule has 2 aromatic rings. The quantitative estimate of drug-likeness (QED) is 0.931. The Balaban J connectivity index is 2.42. The number of anilines is 1. The summed E-state index contributed by atoms with van der Waals surface area (Å²) in [5, 5.41) is 9.04. The van der Waals surface area contributed by atoms with E-state index in [1.165, 1.54) is 43.6 Å². The third-order valence-corrected chi connectivity index (χ3v) is 2.76. The molecule has 1 N–H and O–H groups in total. The molecule has 1 amide bonds. The molecule has 102 valence electrons. The maximum atomic E-state index is 13.6. The van der Waals surface area contributed by atoms with E-state index in [1.807, 2.05) is 0 Å². The summed E-state index contributed by atoms with van der Waals surface area (Å²) < 4.78 is 13.6. The number of pyridine rings is 1. The standard InChI is InChI=1S/C14H11FN2O3/c1-17(11-7-3-2-6-10(11)15)13(18)12-9(14(19)20)5-4-8-16-12/h2-8H,1H3,(H,19,20). The third kappa shape index (κ3) is 2.49. The lowest BCUT2D eigenvalue weighted by Crippen LogP contribution is -2.29. The van der Waals surface area contributed by atoms with Gasteiger partial charge in [0.25, 0.3) is 5.91 Å². The molecule has 0 fully saturated rings. The van der Waals surface area contributed by atoms with Gasteiger partial charge in [-0.15, -0.1) is 0 Å². The van der Waals surface area contributed by atoms with Crippen LogP contribution in [0.15, 0.2) is 42.6 Å². The minimum absolute atomic E-state index is 0.0551. The number of carboxylic acid groups (broad SMARTS) is 1. The zero-order valence-corrected chi connectivity index (χ0v) is 10.6. The van der Waals surface area contributed by atoms with E-state index in [0.29, 0.717) is 0 Å². The second kappa shape index (κ2) is 5.48. The molecule has 1 heterocycles. The van der Waals surface area contributed by atoms with E-state index in [-0.39, 0.29) is 16.9 Å². The zero-order chi connectivity index (χ0) is 14.7. The van der Waals surface area contributed by atoms with Gasteiger partial charge in [-0.1, -0.05) is 12.1 Å². The number of carboxylic acids is 1. The van der Waals surface area contributed by atoms with Crippen molar-refractivity contribution in [1.82, 2.24) is 4.98 Å². The van der Waals surface area contributed by atoms with Gasteiger partial charge in [0, 0.05) is 13.2 Å². The Labute approximate surface area is 114 Å². The first-order valence-corrected chi connectivity index (χ1v) is 5.73. The number of aromatic carboxylic acids is 1. The van der Waals surface area contributed by atoms with Gasteiger partial charge >= 0.3 is 5.97 Å². The number of halogens is 1. The Morgan fingerprint density at radius 1 is 1.20 bits per heavy atom. The van der Waals surface area contributed by atoms with Gasteiger partial charge in [-0.25, -0.2) is 9.18 Å². The first kappa shape index (κ1) is 13.7. The van der Waals surface area contributed by atoms with Crippen LogP contribution in [0, 0.1) is 5.82 Å². The van der Waals surface area contributed by atoms with Crippen LogP contribution in [-0.2, 0) is 0 Å². The number of rotatable bonds is 3. The summed E-state index contributed by atoms with van der Waals surface area (Å²) in [7, 11) is 1.36. The average molecular weight is 274 g/mol. The van der Waals surface area contributed by atoms with Crippen LogP contribution < -0.4 is 4.90 Å². The monoisotopic (exact) mass is 274 g/mol. The summed E-state index contributed by atoms with van der Waals surface area (Å²) in [6.07, 6.45) is 1.31. The molecule has 0 aliphatic rings. The summed E-state index contributed by atoms with van der Waals surface area (Å²) in [4.78, 5) is 28.1. The molecule has 20 heavy (non-hydrogen) atoms. The van der Waals surface area contributed by atoms with Gasteiger partial charge in [0.05, 0.1) is 11.3 Å². The van der Waals surface area contributed by atoms with Gasteiger partial charge in [0.15, 0.2) is 0 Å². The van der Waals surface area contributed by atoms with Crippen LogP contribution >= 0.6 is 0 Å². The highest BCUT2D eigenvalue weighted by atomic mass is 19.1. The highest BCUT2D eigenvalue weighted by molar-refractivity contribution is 6.10. The maximum Gasteiger partial charge on any atom is 0.338 e. The molecule has 0 bridgehead atoms. The van der Waals surface area contributed by atoms with Gasteiger partial charge in [0.2, 0.25) is 0 Å². The summed E-state index contributed by atoms with van der Waals surface area (Å²) in [5.41, 5.74) is -0.397. The highest BCUT2D eigenvalue weighted by Gasteiger charge is 2.23. The molecule has 0 spiro atoms. The van der Waals surface area contributed by atoms with Crippen molar-refractivity contribution in [3.8, 4) is 0 Å². The predicted molar refractivity (Wildman–Crippen MR) is 70.3 cm³/mol. The zero-order valence-electron chi connectivity index (χ0n) is 10.6. The van der Waals surface area contributed by atoms with Crippen molar-refractivity contribution in [2.24, 2.45) is 0 Å². The molecule has 1 aromatic carbocycles. The molecular weight excluding hydrogens is 263 g/mol. The van der Waals surface area contributed by atoms with Gasteiger partial charge in [-0.2, -0.15) is 0 Å². The molecule has 1 aromatic heterocycles. The van der Waals surface area contributed by atoms with E-state index < -0.39 is 17.7 Å². The highest BCUT2D eigenvalue weighted by Crippen LogP contribution is 2.19. The Hall–Kier alpha value is -2.76. The summed E-state index contributed by atoms with van der Waals surface area (Å²) in [5.74, 6) is -2.52. The van der Waals surface area contributed by atoms with Crippen LogP contribution in [0.2, 0.25) is 0 Å². The van der Waals surface area contributed by atoms with E-state index in [9.17, 15) is 14.0 Å². The summed E-state index contributed by atoms with van der Waals surface area (Å²) >= 11 is 0. The summed E-state index contributed by atoms with van der Waals surface area (Å²) in [6.45, 7) is 0. The number of hydrogen-bond donors (Lipinski definition) is 1. The van der Waals surface area contributed by atoms with Crippen LogP contribution in [0.5, 0.6) is 0 Å². The first-order valence-electron chi connectivity index (χ1n) is 5.73. The van der Waals surface area contributed by atoms with Crippen molar-refractivity contribution < 1.29 is 19.1 Å². The van der Waals surface area contributed by atoms with Crippen molar-refractivity contribution in [3.05, 3.63) is 59.7 Å². The smallest absolute Gasteiger partial charge is 0.338 e. The Morgan fingerprint density at radius 2 is 1.90 bits per heavy atom. The molecule has 0 aliphatic carbocycles. The fourth-order valence-electron chi connectivity index (χ4n) is 1.74. The van der Waals surface area contributed by atoms with Gasteiger partial charge < -0.3 is 10.0 Å². The second-order valence-electron chi connectivity index (χ2n) is 4.02. The van der Waals surface area contributed by atoms with Crippen LogP contribution in [0.25, 0.3) is 0 Å². The average Bonchev–Trinajstić information content (AvgIpc) is 2.46. The van der Waals surface area contributed by atoms with Crippen LogP contribution in [0.3, 0.4) is 0 Å². The number of carbonyl (C=O) groups is 2. The molecule has 0 atom stereocenters. The molecule has 0 unspecified atom stereocenters. The molecule has 2 rings (SSSR count). The van der Waals surface area contributed by atoms with Crippen LogP contribution in [0.1, 0.15) is 20.8 Å².